The lowest BCUT2D eigenvalue weighted by atomic mass is 10.1. The van der Waals surface area contributed by atoms with Crippen LogP contribution in [0.2, 0.25) is 0 Å². The third-order valence-electron chi connectivity index (χ3n) is 2.44. The van der Waals surface area contributed by atoms with E-state index in [1.165, 1.54) is 0 Å². The highest BCUT2D eigenvalue weighted by atomic mass is 79.9. The summed E-state index contributed by atoms with van der Waals surface area (Å²) in [5, 5.41) is 0. The zero-order valence-electron chi connectivity index (χ0n) is 9.17. The van der Waals surface area contributed by atoms with E-state index in [2.05, 4.69) is 31.9 Å². The van der Waals surface area contributed by atoms with E-state index in [1.807, 2.05) is 37.3 Å². The average Bonchev–Trinajstić information content (AvgIpc) is 2.68. The van der Waals surface area contributed by atoms with Gasteiger partial charge in [-0.3, -0.25) is 4.79 Å². The van der Waals surface area contributed by atoms with Crippen LogP contribution in [0.3, 0.4) is 0 Å². The highest BCUT2D eigenvalue weighted by molar-refractivity contribution is 9.11. The van der Waals surface area contributed by atoms with Crippen molar-refractivity contribution in [3.63, 3.8) is 0 Å². The molecule has 0 radical (unpaired) electrons. The molecule has 2 rings (SSSR count). The number of hydrogen-bond acceptors (Lipinski definition) is 2. The fraction of sp³-hybridized carbons (Fsp3) is 0.154. The summed E-state index contributed by atoms with van der Waals surface area (Å²) >= 11 is 8.44. The number of benzene rings is 1. The maximum atomic E-state index is 12.1. The minimum atomic E-state index is 0.162. The highest BCUT2D eigenvalue weighted by Crippen LogP contribution is 2.24. The zero-order chi connectivity index (χ0) is 12.4. The van der Waals surface area contributed by atoms with Gasteiger partial charge in [-0.25, -0.2) is 0 Å². The molecular formula is C13H10Br2OS. The minimum Gasteiger partial charge on any atom is -0.294 e. The first kappa shape index (κ1) is 13.0. The van der Waals surface area contributed by atoms with Crippen LogP contribution in [-0.2, 0) is 6.42 Å². The number of hydrogen-bond donors (Lipinski definition) is 0. The molecule has 0 aliphatic carbocycles. The van der Waals surface area contributed by atoms with E-state index in [0.717, 1.165) is 24.3 Å². The summed E-state index contributed by atoms with van der Waals surface area (Å²) in [6.45, 7) is 1.99. The van der Waals surface area contributed by atoms with Crippen LogP contribution in [0.4, 0.5) is 0 Å². The molecule has 0 unspecified atom stereocenters. The van der Waals surface area contributed by atoms with Crippen LogP contribution in [0.25, 0.3) is 0 Å². The molecule has 1 nitrogen and oxygen atoms in total. The molecule has 1 aromatic carbocycles. The van der Waals surface area contributed by atoms with Crippen molar-refractivity contribution in [2.45, 2.75) is 13.3 Å². The fourth-order valence-corrected chi connectivity index (χ4v) is 3.25. The third-order valence-corrected chi connectivity index (χ3v) is 4.96. The van der Waals surface area contributed by atoms with E-state index in [-0.39, 0.29) is 5.78 Å². The van der Waals surface area contributed by atoms with E-state index in [9.17, 15) is 4.79 Å². The summed E-state index contributed by atoms with van der Waals surface area (Å²) in [6.07, 6.45) is 0.470. The summed E-state index contributed by atoms with van der Waals surface area (Å²) in [4.78, 5) is 13.1. The third kappa shape index (κ3) is 3.27. The van der Waals surface area contributed by atoms with Crippen molar-refractivity contribution in [1.29, 1.82) is 0 Å². The second-order valence-corrected chi connectivity index (χ2v) is 7.17. The van der Waals surface area contributed by atoms with Gasteiger partial charge in [-0.1, -0.05) is 22.0 Å². The van der Waals surface area contributed by atoms with Crippen LogP contribution in [0.15, 0.2) is 38.6 Å². The number of halogens is 2. The predicted octanol–water partition coefficient (Wildman–Crippen LogP) is 5.01. The van der Waals surface area contributed by atoms with Crippen LogP contribution in [0, 0.1) is 6.92 Å². The van der Waals surface area contributed by atoms with Crippen molar-refractivity contribution < 1.29 is 4.79 Å². The van der Waals surface area contributed by atoms with E-state index >= 15 is 0 Å². The number of ketones is 1. The number of carbonyl (C=O) groups is 1. The van der Waals surface area contributed by atoms with Gasteiger partial charge in [0.05, 0.1) is 3.79 Å². The number of thiophene rings is 1. The van der Waals surface area contributed by atoms with Crippen LogP contribution in [0.5, 0.6) is 0 Å². The van der Waals surface area contributed by atoms with Crippen molar-refractivity contribution in [3.8, 4) is 0 Å². The van der Waals surface area contributed by atoms with Crippen molar-refractivity contribution >= 4 is 49.0 Å². The molecule has 0 saturated heterocycles. The van der Waals surface area contributed by atoms with Crippen molar-refractivity contribution in [2.24, 2.45) is 0 Å². The second-order valence-electron chi connectivity index (χ2n) is 3.77. The molecule has 88 valence electrons. The number of carbonyl (C=O) groups excluding carboxylic acids is 1. The zero-order valence-corrected chi connectivity index (χ0v) is 13.2. The van der Waals surface area contributed by atoms with Crippen LogP contribution >= 0.6 is 43.2 Å². The Labute approximate surface area is 121 Å². The maximum absolute atomic E-state index is 12.1. The van der Waals surface area contributed by atoms with Gasteiger partial charge < -0.3 is 0 Å². The SMILES string of the molecule is Cc1cc(C(=O)Cc2ccc(Br)s2)ccc1Br. The first-order chi connectivity index (χ1) is 8.06. The predicted molar refractivity (Wildman–Crippen MR) is 78.9 cm³/mol. The smallest absolute Gasteiger partial charge is 0.168 e. The molecular weight excluding hydrogens is 364 g/mol. The lowest BCUT2D eigenvalue weighted by Gasteiger charge is -2.02. The molecule has 0 spiro atoms. The standard InChI is InChI=1S/C13H10Br2OS/c1-8-6-9(2-4-11(8)14)12(16)7-10-3-5-13(15)17-10/h2-6H,7H2,1H3. The normalized spacial score (nSPS) is 10.5. The minimum absolute atomic E-state index is 0.162. The molecule has 1 heterocycles. The van der Waals surface area contributed by atoms with Crippen LogP contribution in [-0.4, -0.2) is 5.78 Å². The topological polar surface area (TPSA) is 17.1 Å². The first-order valence-electron chi connectivity index (χ1n) is 5.10. The Morgan fingerprint density at radius 1 is 1.24 bits per heavy atom. The van der Waals surface area contributed by atoms with Gasteiger partial charge in [0, 0.05) is 21.3 Å². The quantitative estimate of drug-likeness (QED) is 0.691. The lowest BCUT2D eigenvalue weighted by Crippen LogP contribution is -2.02. The molecule has 0 aliphatic rings. The van der Waals surface area contributed by atoms with Crippen LogP contribution in [0.1, 0.15) is 20.8 Å². The summed E-state index contributed by atoms with van der Waals surface area (Å²) in [5.74, 6) is 0.162. The molecule has 2 aromatic rings. The molecule has 0 aliphatic heterocycles. The van der Waals surface area contributed by atoms with Gasteiger partial charge >= 0.3 is 0 Å². The molecule has 1 aromatic heterocycles. The Kier molecular flexibility index (Phi) is 4.17. The van der Waals surface area contributed by atoms with Gasteiger partial charge in [0.1, 0.15) is 0 Å². The van der Waals surface area contributed by atoms with Crippen molar-refractivity contribution in [2.75, 3.05) is 0 Å². The Balaban J connectivity index is 2.17. The van der Waals surface area contributed by atoms with Gasteiger partial charge in [0.25, 0.3) is 0 Å². The van der Waals surface area contributed by atoms with E-state index in [1.54, 1.807) is 11.3 Å². The van der Waals surface area contributed by atoms with Gasteiger partial charge in [0.15, 0.2) is 5.78 Å². The monoisotopic (exact) mass is 372 g/mol. The fourth-order valence-electron chi connectivity index (χ4n) is 1.53. The number of rotatable bonds is 3. The Hall–Kier alpha value is -0.450. The first-order valence-corrected chi connectivity index (χ1v) is 7.50. The van der Waals surface area contributed by atoms with Crippen molar-refractivity contribution in [1.82, 2.24) is 0 Å². The Bertz CT molecular complexity index is 560. The summed E-state index contributed by atoms with van der Waals surface area (Å²) in [5.41, 5.74) is 1.86. The largest absolute Gasteiger partial charge is 0.294 e. The van der Waals surface area contributed by atoms with Gasteiger partial charge in [-0.2, -0.15) is 0 Å². The molecule has 17 heavy (non-hydrogen) atoms. The molecule has 0 saturated carbocycles. The van der Waals surface area contributed by atoms with E-state index in [0.29, 0.717) is 6.42 Å². The van der Waals surface area contributed by atoms with Gasteiger partial charge in [-0.05, 0) is 52.7 Å². The Morgan fingerprint density at radius 2 is 2.00 bits per heavy atom. The Morgan fingerprint density at radius 3 is 2.59 bits per heavy atom. The molecule has 0 N–H and O–H groups in total. The second kappa shape index (κ2) is 5.46. The van der Waals surface area contributed by atoms with Gasteiger partial charge in [-0.15, -0.1) is 11.3 Å². The molecule has 0 fully saturated rings. The number of Topliss-reactive ketones (excluding diaryl/α,β-unsaturated/α-hetero) is 1. The lowest BCUT2D eigenvalue weighted by molar-refractivity contribution is 0.0993. The summed E-state index contributed by atoms with van der Waals surface area (Å²) in [6, 6.07) is 9.67. The highest BCUT2D eigenvalue weighted by Gasteiger charge is 2.09. The molecule has 0 bridgehead atoms. The van der Waals surface area contributed by atoms with E-state index in [4.69, 9.17) is 0 Å². The number of aryl methyl sites for hydroxylation is 1. The molecule has 0 amide bonds. The molecule has 0 atom stereocenters. The van der Waals surface area contributed by atoms with Crippen LogP contribution < -0.4 is 0 Å². The maximum Gasteiger partial charge on any atom is 0.168 e. The average molecular weight is 374 g/mol. The summed E-state index contributed by atoms with van der Waals surface area (Å²) < 4.78 is 2.10. The van der Waals surface area contributed by atoms with Crippen molar-refractivity contribution in [3.05, 3.63) is 54.6 Å². The van der Waals surface area contributed by atoms with E-state index < -0.39 is 0 Å². The summed E-state index contributed by atoms with van der Waals surface area (Å²) in [7, 11) is 0. The van der Waals surface area contributed by atoms with Gasteiger partial charge in [0.2, 0.25) is 0 Å². The molecule has 4 heteroatoms.